The van der Waals surface area contributed by atoms with Gasteiger partial charge in [0.2, 0.25) is 5.91 Å². The fraction of sp³-hybridized carbons (Fsp3) is 0.462. The monoisotopic (exact) mass is 253 g/mol. The molecule has 0 radical (unpaired) electrons. The Labute approximate surface area is 107 Å². The summed E-state index contributed by atoms with van der Waals surface area (Å²) in [6, 6.07) is 5.16. The zero-order valence-corrected chi connectivity index (χ0v) is 11.1. The minimum Gasteiger partial charge on any atom is -0.348 e. The Balaban J connectivity index is 2.70. The molecule has 0 aliphatic rings. The van der Waals surface area contributed by atoms with Gasteiger partial charge < -0.3 is 10.6 Å². The van der Waals surface area contributed by atoms with E-state index in [2.05, 4.69) is 0 Å². The molecule has 0 bridgehead atoms. The van der Waals surface area contributed by atoms with E-state index in [1.165, 1.54) is 4.90 Å². The van der Waals surface area contributed by atoms with Crippen molar-refractivity contribution < 1.29 is 9.18 Å². The van der Waals surface area contributed by atoms with E-state index in [1.807, 2.05) is 0 Å². The number of nitrogens with zero attached hydrogens (tertiary/aromatic N) is 2. The van der Waals surface area contributed by atoms with Crippen molar-refractivity contribution in [1.29, 1.82) is 0 Å². The lowest BCUT2D eigenvalue weighted by Gasteiger charge is -2.19. The molecule has 1 aromatic rings. The normalized spacial score (nSPS) is 10.8. The molecule has 0 aliphatic carbocycles. The summed E-state index contributed by atoms with van der Waals surface area (Å²) in [5, 5.41) is 0. The van der Waals surface area contributed by atoms with Crippen molar-refractivity contribution in [3.63, 3.8) is 0 Å². The van der Waals surface area contributed by atoms with Gasteiger partial charge in [-0.1, -0.05) is 18.2 Å². The maximum atomic E-state index is 13.9. The van der Waals surface area contributed by atoms with Crippen LogP contribution in [0.1, 0.15) is 11.1 Å². The van der Waals surface area contributed by atoms with Crippen LogP contribution >= 0.6 is 0 Å². The highest BCUT2D eigenvalue weighted by molar-refractivity contribution is 5.77. The first-order valence-corrected chi connectivity index (χ1v) is 5.80. The van der Waals surface area contributed by atoms with Gasteiger partial charge in [0.25, 0.3) is 0 Å². The van der Waals surface area contributed by atoms with E-state index < -0.39 is 0 Å². The van der Waals surface area contributed by atoms with E-state index >= 15 is 0 Å². The topological polar surface area (TPSA) is 49.6 Å². The van der Waals surface area contributed by atoms with Crippen LogP contribution in [0.25, 0.3) is 0 Å². The second-order valence-corrected chi connectivity index (χ2v) is 4.55. The van der Waals surface area contributed by atoms with Gasteiger partial charge in [0.1, 0.15) is 5.82 Å². The van der Waals surface area contributed by atoms with Crippen molar-refractivity contribution in [1.82, 2.24) is 9.80 Å². The lowest BCUT2D eigenvalue weighted by molar-refractivity contribution is -0.129. The molecule has 1 rings (SSSR count). The Hall–Kier alpha value is -1.46. The maximum Gasteiger partial charge on any atom is 0.236 e. The summed E-state index contributed by atoms with van der Waals surface area (Å²) in [5.41, 5.74) is 6.52. The van der Waals surface area contributed by atoms with Gasteiger partial charge in [0, 0.05) is 38.3 Å². The number of carbonyl (C=O) groups is 1. The summed E-state index contributed by atoms with van der Waals surface area (Å²) in [5.74, 6) is -0.281. The number of benzene rings is 1. The Morgan fingerprint density at radius 1 is 1.28 bits per heavy atom. The molecule has 4 nitrogen and oxygen atoms in total. The lowest BCUT2D eigenvalue weighted by Crippen LogP contribution is -2.34. The van der Waals surface area contributed by atoms with Crippen LogP contribution in [0.4, 0.5) is 4.39 Å². The number of amides is 1. The first-order chi connectivity index (χ1) is 8.45. The highest BCUT2D eigenvalue weighted by Crippen LogP contribution is 2.14. The van der Waals surface area contributed by atoms with Crippen molar-refractivity contribution in [2.75, 3.05) is 27.7 Å². The van der Waals surface area contributed by atoms with Crippen LogP contribution in [-0.4, -0.2) is 43.4 Å². The molecule has 5 heteroatoms. The molecule has 0 heterocycles. The summed E-state index contributed by atoms with van der Waals surface area (Å²) in [6.07, 6.45) is 0. The molecule has 0 unspecified atom stereocenters. The zero-order chi connectivity index (χ0) is 13.7. The van der Waals surface area contributed by atoms with Crippen LogP contribution in [0, 0.1) is 5.82 Å². The fourth-order valence-corrected chi connectivity index (χ4v) is 1.63. The average molecular weight is 253 g/mol. The Kier molecular flexibility index (Phi) is 5.25. The van der Waals surface area contributed by atoms with Crippen LogP contribution in [-0.2, 0) is 17.9 Å². The van der Waals surface area contributed by atoms with Crippen molar-refractivity contribution in [2.24, 2.45) is 5.73 Å². The summed E-state index contributed by atoms with van der Waals surface area (Å²) in [7, 11) is 5.19. The van der Waals surface area contributed by atoms with Crippen LogP contribution in [0.15, 0.2) is 18.2 Å². The molecule has 0 atom stereocenters. The second-order valence-electron chi connectivity index (χ2n) is 4.55. The molecule has 0 aliphatic heterocycles. The van der Waals surface area contributed by atoms with E-state index in [4.69, 9.17) is 5.73 Å². The minimum absolute atomic E-state index is 0.00659. The average Bonchev–Trinajstić information content (AvgIpc) is 2.31. The van der Waals surface area contributed by atoms with Gasteiger partial charge in [-0.25, -0.2) is 4.39 Å². The van der Waals surface area contributed by atoms with Gasteiger partial charge in [-0.3, -0.25) is 9.69 Å². The molecular formula is C13H20FN3O. The van der Waals surface area contributed by atoms with Gasteiger partial charge in [0.15, 0.2) is 0 Å². The minimum atomic E-state index is -0.274. The van der Waals surface area contributed by atoms with Crippen molar-refractivity contribution in [3.8, 4) is 0 Å². The van der Waals surface area contributed by atoms with Gasteiger partial charge in [0.05, 0.1) is 6.54 Å². The number of hydrogen-bond acceptors (Lipinski definition) is 3. The van der Waals surface area contributed by atoms with E-state index in [0.29, 0.717) is 17.7 Å². The number of rotatable bonds is 5. The molecule has 100 valence electrons. The van der Waals surface area contributed by atoms with Gasteiger partial charge in [-0.2, -0.15) is 0 Å². The predicted molar refractivity (Wildman–Crippen MR) is 69.3 cm³/mol. The zero-order valence-electron chi connectivity index (χ0n) is 11.1. The Bertz CT molecular complexity index is 421. The SMILES string of the molecule is CN(CC(=O)N(C)C)Cc1cccc(CN)c1F. The van der Waals surface area contributed by atoms with Crippen molar-refractivity contribution in [3.05, 3.63) is 35.1 Å². The van der Waals surface area contributed by atoms with Gasteiger partial charge in [-0.05, 0) is 7.05 Å². The molecule has 0 spiro atoms. The van der Waals surface area contributed by atoms with Crippen molar-refractivity contribution >= 4 is 5.91 Å². The summed E-state index contributed by atoms with van der Waals surface area (Å²) < 4.78 is 13.9. The predicted octanol–water partition coefficient (Wildman–Crippen LogP) is 0.804. The highest BCUT2D eigenvalue weighted by atomic mass is 19.1. The van der Waals surface area contributed by atoms with Gasteiger partial charge in [-0.15, -0.1) is 0 Å². The van der Waals surface area contributed by atoms with Crippen LogP contribution in [0.2, 0.25) is 0 Å². The molecule has 18 heavy (non-hydrogen) atoms. The quantitative estimate of drug-likeness (QED) is 0.844. The molecule has 2 N–H and O–H groups in total. The lowest BCUT2D eigenvalue weighted by atomic mass is 10.1. The van der Waals surface area contributed by atoms with E-state index in [0.717, 1.165) is 0 Å². The molecule has 0 fully saturated rings. The van der Waals surface area contributed by atoms with Crippen molar-refractivity contribution in [2.45, 2.75) is 13.1 Å². The van der Waals surface area contributed by atoms with E-state index in [-0.39, 0.29) is 24.8 Å². The first-order valence-electron chi connectivity index (χ1n) is 5.80. The number of hydrogen-bond donors (Lipinski definition) is 1. The van der Waals surface area contributed by atoms with Crippen LogP contribution in [0.5, 0.6) is 0 Å². The standard InChI is InChI=1S/C13H20FN3O/c1-16(2)12(18)9-17(3)8-11-6-4-5-10(7-15)13(11)14/h4-6H,7-9,15H2,1-3H3. The third-order valence-corrected chi connectivity index (χ3v) is 2.72. The van der Waals surface area contributed by atoms with Crippen LogP contribution < -0.4 is 5.73 Å². The molecule has 0 saturated carbocycles. The molecule has 0 aromatic heterocycles. The molecular weight excluding hydrogens is 233 g/mol. The van der Waals surface area contributed by atoms with Crippen LogP contribution in [0.3, 0.4) is 0 Å². The first kappa shape index (κ1) is 14.6. The van der Waals surface area contributed by atoms with Gasteiger partial charge >= 0.3 is 0 Å². The molecule has 1 amide bonds. The third kappa shape index (κ3) is 3.78. The Morgan fingerprint density at radius 2 is 1.89 bits per heavy atom. The number of likely N-dealkylation sites (N-methyl/N-ethyl adjacent to an activating group) is 2. The highest BCUT2D eigenvalue weighted by Gasteiger charge is 2.12. The number of halogens is 1. The van der Waals surface area contributed by atoms with E-state index in [1.54, 1.807) is 44.2 Å². The summed E-state index contributed by atoms with van der Waals surface area (Å²) in [4.78, 5) is 14.8. The maximum absolute atomic E-state index is 13.9. The third-order valence-electron chi connectivity index (χ3n) is 2.72. The smallest absolute Gasteiger partial charge is 0.236 e. The largest absolute Gasteiger partial charge is 0.348 e. The number of carbonyl (C=O) groups excluding carboxylic acids is 1. The molecule has 1 aromatic carbocycles. The summed E-state index contributed by atoms with van der Waals surface area (Å²) in [6.45, 7) is 0.832. The number of nitrogens with two attached hydrogens (primary N) is 1. The molecule has 0 saturated heterocycles. The van der Waals surface area contributed by atoms with E-state index in [9.17, 15) is 9.18 Å². The Morgan fingerprint density at radius 3 is 2.44 bits per heavy atom. The second kappa shape index (κ2) is 6.47. The fourth-order valence-electron chi connectivity index (χ4n) is 1.63. The summed E-state index contributed by atoms with van der Waals surface area (Å²) >= 11 is 0.